The van der Waals surface area contributed by atoms with Gasteiger partial charge in [0, 0.05) is 35.0 Å². The van der Waals surface area contributed by atoms with Crippen LogP contribution in [0.25, 0.3) is 21.9 Å². The topological polar surface area (TPSA) is 68.3 Å². The van der Waals surface area contributed by atoms with E-state index in [4.69, 9.17) is 4.74 Å². The molecular weight excluding hydrogens is 381 g/mol. The van der Waals surface area contributed by atoms with Crippen LogP contribution in [0, 0.1) is 0 Å². The first kappa shape index (κ1) is 19.0. The first-order valence-corrected chi connectivity index (χ1v) is 9.42. The molecule has 0 aliphatic heterocycles. The van der Waals surface area contributed by atoms with E-state index in [2.05, 4.69) is 4.98 Å². The molecule has 0 spiro atoms. The third-order valence-electron chi connectivity index (χ3n) is 3.79. The number of rotatable bonds is 5. The van der Waals surface area contributed by atoms with Crippen molar-refractivity contribution in [3.63, 3.8) is 0 Å². The lowest BCUT2D eigenvalue weighted by Gasteiger charge is -2.14. The summed E-state index contributed by atoms with van der Waals surface area (Å²) in [4.78, 5) is 4.19. The van der Waals surface area contributed by atoms with Gasteiger partial charge in [0.1, 0.15) is 5.75 Å². The minimum atomic E-state index is -4.83. The number of pyridine rings is 1. The number of alkyl halides is 3. The minimum absolute atomic E-state index is 0.0203. The number of methoxy groups -OCH3 is 1. The monoisotopic (exact) mass is 396 g/mol. The molecule has 5 nitrogen and oxygen atoms in total. The lowest BCUT2D eigenvalue weighted by atomic mass is 10.00. The Morgan fingerprint density at radius 2 is 1.81 bits per heavy atom. The number of nitrogens with zero attached hydrogens (tertiary/aromatic N) is 1. The lowest BCUT2D eigenvalue weighted by molar-refractivity contribution is -0.106. The van der Waals surface area contributed by atoms with E-state index in [0.717, 1.165) is 16.3 Å². The predicted octanol–water partition coefficient (Wildman–Crippen LogP) is 4.21. The number of aromatic nitrogens is 1. The second-order valence-electron chi connectivity index (χ2n) is 5.80. The van der Waals surface area contributed by atoms with Crippen molar-refractivity contribution in [2.24, 2.45) is 0 Å². The standard InChI is InChI=1S/C18H15F3N2O3S/c1-26-17-8-13(23-27(24,25)11-18(19,20)21)6-7-15(17)16-10-22-9-12-4-2-3-5-14(12)16/h2-10,23H,11H2,1H3. The highest BCUT2D eigenvalue weighted by molar-refractivity contribution is 7.92. The molecule has 0 radical (unpaired) electrons. The number of halogens is 3. The predicted molar refractivity (Wildman–Crippen MR) is 97.2 cm³/mol. The van der Waals surface area contributed by atoms with E-state index in [1.807, 2.05) is 29.0 Å². The number of anilines is 1. The van der Waals surface area contributed by atoms with Gasteiger partial charge in [-0.1, -0.05) is 24.3 Å². The Balaban J connectivity index is 2.00. The van der Waals surface area contributed by atoms with Crippen LogP contribution in [0.2, 0.25) is 0 Å². The van der Waals surface area contributed by atoms with Gasteiger partial charge in [0.15, 0.2) is 5.75 Å². The van der Waals surface area contributed by atoms with Crippen LogP contribution < -0.4 is 9.46 Å². The Labute approximate surface area is 153 Å². The van der Waals surface area contributed by atoms with E-state index in [0.29, 0.717) is 11.3 Å². The molecule has 9 heteroatoms. The van der Waals surface area contributed by atoms with Crippen molar-refractivity contribution in [3.8, 4) is 16.9 Å². The van der Waals surface area contributed by atoms with E-state index in [-0.39, 0.29) is 5.69 Å². The summed E-state index contributed by atoms with van der Waals surface area (Å²) >= 11 is 0. The van der Waals surface area contributed by atoms with Crippen molar-refractivity contribution in [2.75, 3.05) is 17.6 Å². The summed E-state index contributed by atoms with van der Waals surface area (Å²) in [6.45, 7) is 0. The Morgan fingerprint density at radius 3 is 2.52 bits per heavy atom. The fraction of sp³-hybridized carbons (Fsp3) is 0.167. The number of fused-ring (bicyclic) bond motifs is 1. The summed E-state index contributed by atoms with van der Waals surface area (Å²) in [5, 5.41) is 1.82. The summed E-state index contributed by atoms with van der Waals surface area (Å²) in [6, 6.07) is 11.9. The second kappa shape index (κ2) is 7.07. The van der Waals surface area contributed by atoms with Crippen molar-refractivity contribution in [2.45, 2.75) is 6.18 Å². The van der Waals surface area contributed by atoms with Gasteiger partial charge in [0.25, 0.3) is 0 Å². The molecule has 0 amide bonds. The van der Waals surface area contributed by atoms with Gasteiger partial charge in [-0.3, -0.25) is 9.71 Å². The average Bonchev–Trinajstić information content (AvgIpc) is 2.58. The smallest absolute Gasteiger partial charge is 0.404 e. The second-order valence-corrected chi connectivity index (χ2v) is 7.52. The van der Waals surface area contributed by atoms with Crippen LogP contribution in [0.3, 0.4) is 0 Å². The third kappa shape index (κ3) is 4.48. The molecule has 142 valence electrons. The third-order valence-corrected chi connectivity index (χ3v) is 5.04. The highest BCUT2D eigenvalue weighted by Gasteiger charge is 2.35. The molecule has 0 fully saturated rings. The zero-order valence-electron chi connectivity index (χ0n) is 14.1. The van der Waals surface area contributed by atoms with E-state index in [9.17, 15) is 21.6 Å². The average molecular weight is 396 g/mol. The summed E-state index contributed by atoms with van der Waals surface area (Å²) in [5.74, 6) is -1.66. The molecule has 2 aromatic carbocycles. The molecule has 3 rings (SSSR count). The van der Waals surface area contributed by atoms with Crippen LogP contribution in [0.4, 0.5) is 18.9 Å². The van der Waals surface area contributed by atoms with Crippen LogP contribution in [-0.2, 0) is 10.0 Å². The van der Waals surface area contributed by atoms with Gasteiger partial charge in [0.05, 0.1) is 12.8 Å². The molecule has 27 heavy (non-hydrogen) atoms. The van der Waals surface area contributed by atoms with E-state index < -0.39 is 22.0 Å². The van der Waals surface area contributed by atoms with E-state index in [1.54, 1.807) is 18.5 Å². The molecule has 0 bridgehead atoms. The van der Waals surface area contributed by atoms with Crippen LogP contribution in [-0.4, -0.2) is 32.4 Å². The van der Waals surface area contributed by atoms with Crippen LogP contribution in [0.1, 0.15) is 0 Å². The Bertz CT molecular complexity index is 1080. The summed E-state index contributed by atoms with van der Waals surface area (Å²) < 4.78 is 67.7. The van der Waals surface area contributed by atoms with E-state index >= 15 is 0 Å². The lowest BCUT2D eigenvalue weighted by Crippen LogP contribution is -2.27. The summed E-state index contributed by atoms with van der Waals surface area (Å²) in [7, 11) is -3.18. The normalized spacial score (nSPS) is 12.1. The van der Waals surface area contributed by atoms with Gasteiger partial charge in [-0.15, -0.1) is 0 Å². The molecule has 3 aromatic rings. The van der Waals surface area contributed by atoms with Gasteiger partial charge < -0.3 is 4.74 Å². The van der Waals surface area contributed by atoms with Gasteiger partial charge in [0.2, 0.25) is 10.0 Å². The van der Waals surface area contributed by atoms with Crippen LogP contribution in [0.15, 0.2) is 54.9 Å². The van der Waals surface area contributed by atoms with E-state index in [1.165, 1.54) is 19.2 Å². The maximum absolute atomic E-state index is 12.4. The Kier molecular flexibility index (Phi) is 4.97. The maximum Gasteiger partial charge on any atom is 0.404 e. The number of nitrogens with one attached hydrogen (secondary N) is 1. The first-order chi connectivity index (χ1) is 12.7. The molecule has 0 aliphatic rings. The Hall–Kier alpha value is -2.81. The SMILES string of the molecule is COc1cc(NS(=O)(=O)CC(F)(F)F)ccc1-c1cncc2ccccc12. The molecule has 1 heterocycles. The van der Waals surface area contributed by atoms with Crippen LogP contribution >= 0.6 is 0 Å². The Morgan fingerprint density at radius 1 is 1.07 bits per heavy atom. The first-order valence-electron chi connectivity index (χ1n) is 7.77. The van der Waals surface area contributed by atoms with Gasteiger partial charge >= 0.3 is 6.18 Å². The van der Waals surface area contributed by atoms with Crippen molar-refractivity contribution in [1.82, 2.24) is 4.98 Å². The number of ether oxygens (including phenoxy) is 1. The van der Waals surface area contributed by atoms with Gasteiger partial charge in [-0.05, 0) is 17.5 Å². The minimum Gasteiger partial charge on any atom is -0.496 e. The van der Waals surface area contributed by atoms with Crippen LogP contribution in [0.5, 0.6) is 5.75 Å². The van der Waals surface area contributed by atoms with Crippen molar-refractivity contribution in [3.05, 3.63) is 54.9 Å². The van der Waals surface area contributed by atoms with Crippen molar-refractivity contribution < 1.29 is 26.3 Å². The molecule has 0 saturated heterocycles. The fourth-order valence-corrected chi connectivity index (χ4v) is 3.73. The molecule has 0 atom stereocenters. The van der Waals surface area contributed by atoms with Gasteiger partial charge in [-0.25, -0.2) is 8.42 Å². The largest absolute Gasteiger partial charge is 0.496 e. The maximum atomic E-state index is 12.4. The molecule has 1 aromatic heterocycles. The number of hydrogen-bond acceptors (Lipinski definition) is 4. The molecular formula is C18H15F3N2O3S. The van der Waals surface area contributed by atoms with Crippen molar-refractivity contribution in [1.29, 1.82) is 0 Å². The molecule has 1 N–H and O–H groups in total. The molecule has 0 aliphatic carbocycles. The number of hydrogen-bond donors (Lipinski definition) is 1. The van der Waals surface area contributed by atoms with Gasteiger partial charge in [-0.2, -0.15) is 13.2 Å². The zero-order valence-corrected chi connectivity index (χ0v) is 14.9. The highest BCUT2D eigenvalue weighted by atomic mass is 32.2. The molecule has 0 unspecified atom stereocenters. The molecule has 0 saturated carbocycles. The fourth-order valence-electron chi connectivity index (χ4n) is 2.74. The quantitative estimate of drug-likeness (QED) is 0.701. The summed E-state index contributed by atoms with van der Waals surface area (Å²) in [5.41, 5.74) is 1.38. The van der Waals surface area contributed by atoms with Crippen molar-refractivity contribution >= 4 is 26.5 Å². The highest BCUT2D eigenvalue weighted by Crippen LogP contribution is 2.36. The number of benzene rings is 2. The summed E-state index contributed by atoms with van der Waals surface area (Å²) in [6.07, 6.45) is -1.47. The number of sulfonamides is 1. The zero-order chi connectivity index (χ0) is 19.7.